The lowest BCUT2D eigenvalue weighted by molar-refractivity contribution is -0.763. The molecule has 2 heterocycles. The summed E-state index contributed by atoms with van der Waals surface area (Å²) in [5, 5.41) is 38.2. The maximum Gasteiger partial charge on any atom is 0.325 e. The molecule has 14 heteroatoms. The van der Waals surface area contributed by atoms with E-state index in [1.165, 1.54) is 11.8 Å². The zero-order valence-corrected chi connectivity index (χ0v) is 17.9. The van der Waals surface area contributed by atoms with Crippen molar-refractivity contribution in [2.24, 2.45) is 0 Å². The number of thioether (sulfide) groups is 1. The predicted octanol–water partition coefficient (Wildman–Crippen LogP) is 1.88. The molecule has 0 saturated heterocycles. The molecular formula is C19H15N6O7S+. The van der Waals surface area contributed by atoms with Gasteiger partial charge in [0.15, 0.2) is 0 Å². The Morgan fingerprint density at radius 3 is 2.55 bits per heavy atom. The number of anilines is 1. The topological polar surface area (TPSA) is 176 Å². The zero-order chi connectivity index (χ0) is 24.0. The average molecular weight is 471 g/mol. The molecule has 1 aliphatic heterocycles. The molecule has 0 aliphatic carbocycles. The number of aromatic amines is 1. The molecule has 168 valence electrons. The smallest absolute Gasteiger partial charge is 0.325 e. The van der Waals surface area contributed by atoms with Crippen molar-refractivity contribution in [3.05, 3.63) is 72.5 Å². The van der Waals surface area contributed by atoms with Crippen LogP contribution in [0.5, 0.6) is 5.75 Å². The number of nitrogens with zero attached hydrogens (tertiary/aromatic N) is 5. The Morgan fingerprint density at radius 2 is 1.94 bits per heavy atom. The van der Waals surface area contributed by atoms with Gasteiger partial charge in [-0.1, -0.05) is 23.9 Å². The summed E-state index contributed by atoms with van der Waals surface area (Å²) in [6.45, 7) is 1.22. The minimum Gasteiger partial charge on any atom is -0.502 e. The van der Waals surface area contributed by atoms with Crippen LogP contribution in [0, 0.1) is 20.2 Å². The summed E-state index contributed by atoms with van der Waals surface area (Å²) in [6.07, 6.45) is 0.231. The van der Waals surface area contributed by atoms with E-state index in [2.05, 4.69) is 10.1 Å². The maximum atomic E-state index is 13.0. The Kier molecular flexibility index (Phi) is 5.29. The molecule has 0 bridgehead atoms. The van der Waals surface area contributed by atoms with Crippen LogP contribution in [-0.2, 0) is 4.79 Å². The molecule has 2 N–H and O–H groups in total. The Bertz CT molecular complexity index is 1410. The Hall–Kier alpha value is -4.33. The molecule has 0 saturated carbocycles. The van der Waals surface area contributed by atoms with E-state index >= 15 is 0 Å². The highest BCUT2D eigenvalue weighted by atomic mass is 32.2. The molecule has 1 unspecified atom stereocenters. The third-order valence-corrected chi connectivity index (χ3v) is 5.65. The minimum atomic E-state index is -1.42. The number of phenolic OH excluding ortho intramolecular Hbond substituents is 1. The van der Waals surface area contributed by atoms with E-state index in [0.29, 0.717) is 11.6 Å². The zero-order valence-electron chi connectivity index (χ0n) is 17.1. The van der Waals surface area contributed by atoms with Crippen LogP contribution in [0.2, 0.25) is 0 Å². The number of non-ortho nitro benzene ring substituents is 1. The van der Waals surface area contributed by atoms with Gasteiger partial charge in [0.25, 0.3) is 11.9 Å². The van der Waals surface area contributed by atoms with Gasteiger partial charge in [-0.2, -0.15) is 0 Å². The van der Waals surface area contributed by atoms with Gasteiger partial charge in [-0.05, 0) is 23.1 Å². The van der Waals surface area contributed by atoms with Crippen LogP contribution in [0.1, 0.15) is 18.7 Å². The van der Waals surface area contributed by atoms with Crippen LogP contribution in [-0.4, -0.2) is 37.2 Å². The number of carbonyl (C=O) groups excluding carboxylic acids is 1. The lowest BCUT2D eigenvalue weighted by Crippen LogP contribution is -2.60. The fraction of sp³-hybridized carbons (Fsp3) is 0.158. The van der Waals surface area contributed by atoms with Crippen LogP contribution in [0.25, 0.3) is 11.3 Å². The first-order valence-electron chi connectivity index (χ1n) is 9.30. The fourth-order valence-corrected chi connectivity index (χ4v) is 4.12. The molecule has 4 rings (SSSR count). The normalized spacial score (nSPS) is 14.4. The van der Waals surface area contributed by atoms with Gasteiger partial charge >= 0.3 is 16.9 Å². The largest absolute Gasteiger partial charge is 0.502 e. The number of aromatic hydroxyl groups is 1. The van der Waals surface area contributed by atoms with Crippen LogP contribution < -0.4 is 15.1 Å². The van der Waals surface area contributed by atoms with Gasteiger partial charge < -0.3 is 5.11 Å². The highest BCUT2D eigenvalue weighted by molar-refractivity contribution is 7.98. The second-order valence-corrected chi connectivity index (χ2v) is 7.75. The molecule has 1 atom stereocenters. The lowest BCUT2D eigenvalue weighted by Gasteiger charge is -2.31. The summed E-state index contributed by atoms with van der Waals surface area (Å²) in [5.74, 6) is -1.43. The molecule has 3 aromatic rings. The van der Waals surface area contributed by atoms with Gasteiger partial charge in [-0.15, -0.1) is 0 Å². The monoisotopic (exact) mass is 471 g/mol. The Labute approximate surface area is 188 Å². The molecule has 1 aromatic heterocycles. The van der Waals surface area contributed by atoms with Crippen molar-refractivity contribution in [3.8, 4) is 17.0 Å². The quantitative estimate of drug-likeness (QED) is 0.249. The van der Waals surface area contributed by atoms with Crippen molar-refractivity contribution in [2.75, 3.05) is 11.2 Å². The SMILES string of the molecule is CSc1n[n+]2c(c(=O)[nH]1)-c1ccccc1N(C(C)=O)C2c1cc([N+](=O)[O-])cc([N+](=O)[O-])c1O. The number of hydrogen-bond donors (Lipinski definition) is 2. The first kappa shape index (κ1) is 21.9. The number of nitro benzene ring substituents is 2. The molecule has 0 radical (unpaired) electrons. The first-order valence-corrected chi connectivity index (χ1v) is 10.5. The van der Waals surface area contributed by atoms with Crippen molar-refractivity contribution in [1.29, 1.82) is 0 Å². The van der Waals surface area contributed by atoms with E-state index < -0.39 is 44.6 Å². The number of phenols is 1. The summed E-state index contributed by atoms with van der Waals surface area (Å²) in [5.41, 5.74) is -1.85. The number of amides is 1. The molecular weight excluding hydrogens is 456 g/mol. The van der Waals surface area contributed by atoms with Gasteiger partial charge in [-0.3, -0.25) is 34.8 Å². The second kappa shape index (κ2) is 7.98. The molecule has 0 fully saturated rings. The van der Waals surface area contributed by atoms with E-state index in [1.807, 2.05) is 0 Å². The molecule has 1 aliphatic rings. The van der Waals surface area contributed by atoms with Crippen LogP contribution in [0.15, 0.2) is 46.3 Å². The number of benzene rings is 2. The molecule has 13 nitrogen and oxygen atoms in total. The van der Waals surface area contributed by atoms with Gasteiger partial charge in [0.2, 0.25) is 16.8 Å². The summed E-state index contributed by atoms with van der Waals surface area (Å²) >= 11 is 1.09. The average Bonchev–Trinajstić information content (AvgIpc) is 2.77. The number of nitrogens with one attached hydrogen (secondary N) is 1. The minimum absolute atomic E-state index is 0.0134. The first-order chi connectivity index (χ1) is 15.6. The predicted molar refractivity (Wildman–Crippen MR) is 115 cm³/mol. The third kappa shape index (κ3) is 3.45. The van der Waals surface area contributed by atoms with Crippen LogP contribution >= 0.6 is 11.8 Å². The number of aromatic nitrogens is 3. The molecule has 0 spiro atoms. The number of hydrogen-bond acceptors (Lipinski definition) is 9. The molecule has 2 aromatic carbocycles. The van der Waals surface area contributed by atoms with E-state index in [-0.39, 0.29) is 22.1 Å². The van der Waals surface area contributed by atoms with Crippen molar-refractivity contribution in [2.45, 2.75) is 18.2 Å². The van der Waals surface area contributed by atoms with E-state index in [9.17, 15) is 34.9 Å². The van der Waals surface area contributed by atoms with Crippen molar-refractivity contribution < 1.29 is 24.4 Å². The van der Waals surface area contributed by atoms with Crippen molar-refractivity contribution >= 4 is 34.7 Å². The van der Waals surface area contributed by atoms with Crippen molar-refractivity contribution in [1.82, 2.24) is 10.1 Å². The Morgan fingerprint density at radius 1 is 1.24 bits per heavy atom. The van der Waals surface area contributed by atoms with E-state index in [4.69, 9.17) is 0 Å². The summed E-state index contributed by atoms with van der Waals surface area (Å²) < 4.78 is 1.14. The summed E-state index contributed by atoms with van der Waals surface area (Å²) in [7, 11) is 0. The number of carbonyl (C=O) groups is 1. The summed E-state index contributed by atoms with van der Waals surface area (Å²) in [6, 6.07) is 7.97. The number of para-hydroxylation sites is 1. The summed E-state index contributed by atoms with van der Waals surface area (Å²) in [4.78, 5) is 50.7. The van der Waals surface area contributed by atoms with Gasteiger partial charge in [0.1, 0.15) is 5.56 Å². The standard InChI is InChI=1S/C19H14N6O7S/c1-9(26)22-13-6-4-3-5-11(13)15-17(28)20-19(33-2)21-23(15)18(22)12-7-10(24(29)30)8-14(16(12)27)25(31)32/h3-8,18H,1-2H3,(H-,20,21,27,28)/p+1. The number of rotatable bonds is 4. The van der Waals surface area contributed by atoms with Crippen LogP contribution in [0.4, 0.5) is 17.1 Å². The number of H-pyrrole nitrogens is 1. The van der Waals surface area contributed by atoms with Gasteiger partial charge in [0.05, 0.1) is 27.2 Å². The molecule has 33 heavy (non-hydrogen) atoms. The second-order valence-electron chi connectivity index (χ2n) is 6.95. The number of fused-ring (bicyclic) bond motifs is 3. The highest BCUT2D eigenvalue weighted by Gasteiger charge is 2.47. The van der Waals surface area contributed by atoms with Crippen molar-refractivity contribution in [3.63, 3.8) is 0 Å². The van der Waals surface area contributed by atoms with Gasteiger partial charge in [0, 0.05) is 18.1 Å². The van der Waals surface area contributed by atoms with E-state index in [0.717, 1.165) is 22.5 Å². The highest BCUT2D eigenvalue weighted by Crippen LogP contribution is 2.43. The molecule has 1 amide bonds. The van der Waals surface area contributed by atoms with E-state index in [1.54, 1.807) is 30.5 Å². The Balaban J connectivity index is 2.16. The lowest BCUT2D eigenvalue weighted by atomic mass is 10.00. The third-order valence-electron chi connectivity index (χ3n) is 5.08. The number of nitro groups is 2. The maximum absolute atomic E-state index is 13.0. The fourth-order valence-electron chi connectivity index (χ4n) is 3.75. The van der Waals surface area contributed by atoms with Crippen LogP contribution in [0.3, 0.4) is 0 Å². The van der Waals surface area contributed by atoms with Gasteiger partial charge in [-0.25, -0.2) is 4.90 Å².